The second-order valence-corrected chi connectivity index (χ2v) is 6.32. The number of benzene rings is 1. The Bertz CT molecular complexity index is 872. The first-order valence-electron chi connectivity index (χ1n) is 8.04. The zero-order chi connectivity index (χ0) is 17.7. The van der Waals surface area contributed by atoms with Crippen LogP contribution in [0.1, 0.15) is 34.9 Å². The number of rotatable bonds is 4. The van der Waals surface area contributed by atoms with Crippen LogP contribution in [-0.2, 0) is 17.6 Å². The minimum atomic E-state index is -1.29. The molecule has 0 bridgehead atoms. The van der Waals surface area contributed by atoms with E-state index in [4.69, 9.17) is 13.9 Å². The van der Waals surface area contributed by atoms with Gasteiger partial charge in [0, 0.05) is 12.5 Å². The molecule has 1 saturated heterocycles. The van der Waals surface area contributed by atoms with Gasteiger partial charge in [-0.05, 0) is 24.1 Å². The van der Waals surface area contributed by atoms with E-state index in [0.29, 0.717) is 30.1 Å². The van der Waals surface area contributed by atoms with Crippen molar-refractivity contribution in [1.82, 2.24) is 0 Å². The van der Waals surface area contributed by atoms with Gasteiger partial charge in [0.25, 0.3) is 0 Å². The molecule has 0 unspecified atom stereocenters. The number of methoxy groups -OCH3 is 1. The van der Waals surface area contributed by atoms with Gasteiger partial charge in [0.15, 0.2) is 16.9 Å². The van der Waals surface area contributed by atoms with E-state index >= 15 is 0 Å². The van der Waals surface area contributed by atoms with Gasteiger partial charge >= 0.3 is 0 Å². The average molecular weight is 346 g/mol. The van der Waals surface area contributed by atoms with Crippen LogP contribution in [0.4, 0.5) is 0 Å². The van der Waals surface area contributed by atoms with E-state index in [9.17, 15) is 20.1 Å². The molecule has 1 aromatic heterocycles. The van der Waals surface area contributed by atoms with Crippen LogP contribution in [0.5, 0.6) is 11.5 Å². The molecule has 1 aliphatic carbocycles. The number of epoxide rings is 1. The highest BCUT2D eigenvalue weighted by Crippen LogP contribution is 2.49. The summed E-state index contributed by atoms with van der Waals surface area (Å²) in [5, 5.41) is 29.7. The van der Waals surface area contributed by atoms with E-state index in [-0.39, 0.29) is 16.7 Å². The average Bonchev–Trinajstić information content (AvgIpc) is 3.38. The van der Waals surface area contributed by atoms with Crippen molar-refractivity contribution < 1.29 is 29.2 Å². The highest BCUT2D eigenvalue weighted by Gasteiger charge is 2.56. The first-order chi connectivity index (χ1) is 12.0. The summed E-state index contributed by atoms with van der Waals surface area (Å²) in [6, 6.07) is 6.44. The zero-order valence-corrected chi connectivity index (χ0v) is 13.5. The number of aliphatic hydroxyl groups is 2. The molecule has 3 N–H and O–H groups in total. The molecule has 1 aliphatic heterocycles. The lowest BCUT2D eigenvalue weighted by Crippen LogP contribution is -2.33. The fourth-order valence-corrected chi connectivity index (χ4v) is 3.30. The van der Waals surface area contributed by atoms with E-state index in [0.717, 1.165) is 5.56 Å². The van der Waals surface area contributed by atoms with Gasteiger partial charge in [-0.3, -0.25) is 4.79 Å². The summed E-state index contributed by atoms with van der Waals surface area (Å²) < 4.78 is 16.1. The number of aliphatic hydroxyl groups excluding tert-OH is 2. The van der Waals surface area contributed by atoms with Gasteiger partial charge < -0.3 is 29.2 Å². The van der Waals surface area contributed by atoms with Crippen LogP contribution in [0, 0.1) is 0 Å². The first-order valence-corrected chi connectivity index (χ1v) is 8.04. The number of aryl methyl sites for hydroxylation is 2. The minimum absolute atomic E-state index is 0.0539. The number of hydrogen-bond donors (Lipinski definition) is 3. The lowest BCUT2D eigenvalue weighted by Gasteiger charge is -2.21. The third-order valence-electron chi connectivity index (χ3n) is 4.71. The van der Waals surface area contributed by atoms with Crippen LogP contribution in [-0.4, -0.2) is 34.6 Å². The van der Waals surface area contributed by atoms with Gasteiger partial charge in [0.1, 0.15) is 35.9 Å². The fraction of sp³-hybridized carbons (Fsp3) is 0.389. The topological polar surface area (TPSA) is 113 Å². The molecule has 4 rings (SSSR count). The summed E-state index contributed by atoms with van der Waals surface area (Å²) in [6.45, 7) is 0. The monoisotopic (exact) mass is 346 g/mol. The summed E-state index contributed by atoms with van der Waals surface area (Å²) in [5.41, 5.74) is 0.584. The molecule has 0 spiro atoms. The third-order valence-corrected chi connectivity index (χ3v) is 4.71. The Morgan fingerprint density at radius 1 is 1.20 bits per heavy atom. The van der Waals surface area contributed by atoms with Crippen LogP contribution in [0.2, 0.25) is 0 Å². The molecule has 4 atom stereocenters. The predicted molar refractivity (Wildman–Crippen MR) is 85.6 cm³/mol. The molecule has 0 amide bonds. The van der Waals surface area contributed by atoms with Crippen LogP contribution in [0.25, 0.3) is 0 Å². The molecule has 2 aliphatic rings. The smallest absolute Gasteiger partial charge is 0.191 e. The van der Waals surface area contributed by atoms with Gasteiger partial charge in [-0.25, -0.2) is 0 Å². The number of phenols is 1. The van der Waals surface area contributed by atoms with E-state index in [1.165, 1.54) is 13.2 Å². The molecule has 2 heterocycles. The molecule has 132 valence electrons. The summed E-state index contributed by atoms with van der Waals surface area (Å²) in [5.74, 6) is 1.23. The Balaban J connectivity index is 1.57. The number of aromatic hydroxyl groups is 1. The van der Waals surface area contributed by atoms with Crippen LogP contribution >= 0.6 is 0 Å². The zero-order valence-electron chi connectivity index (χ0n) is 13.5. The van der Waals surface area contributed by atoms with E-state index in [1.54, 1.807) is 12.1 Å². The lowest BCUT2D eigenvalue weighted by atomic mass is 9.91. The van der Waals surface area contributed by atoms with Crippen LogP contribution in [0.15, 0.2) is 33.5 Å². The van der Waals surface area contributed by atoms with Gasteiger partial charge in [-0.2, -0.15) is 0 Å². The van der Waals surface area contributed by atoms with Gasteiger partial charge in [0.2, 0.25) is 0 Å². The normalized spacial score (nSPS) is 26.7. The van der Waals surface area contributed by atoms with Crippen molar-refractivity contribution in [2.75, 3.05) is 7.11 Å². The Labute approximate surface area is 143 Å². The van der Waals surface area contributed by atoms with Crippen molar-refractivity contribution in [2.45, 2.75) is 37.3 Å². The van der Waals surface area contributed by atoms with Crippen molar-refractivity contribution in [2.24, 2.45) is 0 Å². The van der Waals surface area contributed by atoms with Crippen molar-refractivity contribution in [1.29, 1.82) is 0 Å². The summed E-state index contributed by atoms with van der Waals surface area (Å²) in [7, 11) is 1.48. The van der Waals surface area contributed by atoms with Gasteiger partial charge in [-0.1, -0.05) is 6.07 Å². The molecule has 2 aromatic rings. The standard InChI is InChI=1S/C18H18O7/c1-23-12-5-3-8(6-10(12)19)2-4-9-7-11(20)13-14(21)15(22)17-18(25-17)16(13)24-9/h3,5-7,14-15,17-19,21-22H,2,4H2,1H3/t14-,15+,17+,18-/m1/s1. The molecule has 7 heteroatoms. The SMILES string of the molecule is COc1ccc(CCc2cc(=O)c3c(o2)[C@H]2O[C@H]2[C@@H](O)[C@@H]3O)cc1O. The fourth-order valence-electron chi connectivity index (χ4n) is 3.30. The van der Waals surface area contributed by atoms with Crippen LogP contribution in [0.3, 0.4) is 0 Å². The van der Waals surface area contributed by atoms with Gasteiger partial charge in [-0.15, -0.1) is 0 Å². The number of hydrogen-bond acceptors (Lipinski definition) is 7. The second-order valence-electron chi connectivity index (χ2n) is 6.32. The van der Waals surface area contributed by atoms with E-state index < -0.39 is 24.4 Å². The van der Waals surface area contributed by atoms with Crippen molar-refractivity contribution in [3.05, 3.63) is 57.1 Å². The third kappa shape index (κ3) is 2.70. The van der Waals surface area contributed by atoms with Crippen molar-refractivity contribution in [3.8, 4) is 11.5 Å². The summed E-state index contributed by atoms with van der Waals surface area (Å²) in [4.78, 5) is 12.3. The Kier molecular flexibility index (Phi) is 3.79. The molecule has 1 fully saturated rings. The number of fused-ring (bicyclic) bond motifs is 3. The molecule has 1 aromatic carbocycles. The molecule has 0 saturated carbocycles. The lowest BCUT2D eigenvalue weighted by molar-refractivity contribution is -0.00238. The highest BCUT2D eigenvalue weighted by molar-refractivity contribution is 5.42. The predicted octanol–water partition coefficient (Wildman–Crippen LogP) is 0.987. The van der Waals surface area contributed by atoms with Crippen LogP contribution < -0.4 is 10.2 Å². The maximum atomic E-state index is 12.3. The quantitative estimate of drug-likeness (QED) is 0.708. The van der Waals surface area contributed by atoms with Crippen molar-refractivity contribution >= 4 is 0 Å². The highest BCUT2D eigenvalue weighted by atomic mass is 16.6. The number of phenolic OH excluding ortho intramolecular Hbond substituents is 1. The molecular weight excluding hydrogens is 328 g/mol. The molecule has 0 radical (unpaired) electrons. The largest absolute Gasteiger partial charge is 0.504 e. The second kappa shape index (κ2) is 5.87. The van der Waals surface area contributed by atoms with E-state index in [2.05, 4.69) is 0 Å². The van der Waals surface area contributed by atoms with Crippen molar-refractivity contribution in [3.63, 3.8) is 0 Å². The molecular formula is C18H18O7. The summed E-state index contributed by atoms with van der Waals surface area (Å²) >= 11 is 0. The maximum absolute atomic E-state index is 12.3. The Morgan fingerprint density at radius 2 is 2.00 bits per heavy atom. The first kappa shape index (κ1) is 16.1. The summed E-state index contributed by atoms with van der Waals surface area (Å²) in [6.07, 6.45) is -2.37. The number of ether oxygens (including phenoxy) is 2. The Morgan fingerprint density at radius 3 is 2.72 bits per heavy atom. The molecule has 7 nitrogen and oxygen atoms in total. The van der Waals surface area contributed by atoms with E-state index in [1.807, 2.05) is 6.07 Å². The molecule has 25 heavy (non-hydrogen) atoms. The minimum Gasteiger partial charge on any atom is -0.504 e. The maximum Gasteiger partial charge on any atom is 0.191 e. The van der Waals surface area contributed by atoms with Gasteiger partial charge in [0.05, 0.1) is 12.7 Å². The Hall–Kier alpha value is -2.35.